The maximum Gasteiger partial charge on any atom is 0.0718 e. The molecule has 0 aromatic heterocycles. The van der Waals surface area contributed by atoms with Crippen LogP contribution >= 0.6 is 0 Å². The molecule has 4 nitrogen and oxygen atoms in total. The lowest BCUT2D eigenvalue weighted by Crippen LogP contribution is -2.00. The monoisotopic (exact) mass is 155 g/mol. The fraction of sp³-hybridized carbons (Fsp3) is 0.714. The van der Waals surface area contributed by atoms with Crippen molar-refractivity contribution in [2.24, 2.45) is 5.11 Å². The smallest absolute Gasteiger partial charge is 0.0718 e. The van der Waals surface area contributed by atoms with Crippen LogP contribution < -0.4 is 0 Å². The van der Waals surface area contributed by atoms with Gasteiger partial charge in [-0.05, 0) is 18.4 Å². The minimum atomic E-state index is -0.416. The first-order valence-electron chi connectivity index (χ1n) is 3.62. The zero-order valence-electron chi connectivity index (χ0n) is 6.48. The molecule has 0 fully saturated rings. The SMILES string of the molecule is C=CC(O)CCCCN=[N+]=[N-]. The van der Waals surface area contributed by atoms with Gasteiger partial charge in [0.1, 0.15) is 0 Å². The zero-order valence-corrected chi connectivity index (χ0v) is 6.48. The molecule has 0 aliphatic rings. The van der Waals surface area contributed by atoms with Crippen molar-refractivity contribution in [1.82, 2.24) is 0 Å². The Morgan fingerprint density at radius 2 is 2.36 bits per heavy atom. The second-order valence-corrected chi connectivity index (χ2v) is 2.25. The van der Waals surface area contributed by atoms with E-state index >= 15 is 0 Å². The molecule has 0 radical (unpaired) electrons. The molecular formula is C7H13N3O. The predicted octanol–water partition coefficient (Wildman–Crippen LogP) is 2.01. The topological polar surface area (TPSA) is 69.0 Å². The molecule has 11 heavy (non-hydrogen) atoms. The maximum atomic E-state index is 8.99. The molecule has 0 aliphatic carbocycles. The summed E-state index contributed by atoms with van der Waals surface area (Å²) >= 11 is 0. The van der Waals surface area contributed by atoms with Gasteiger partial charge in [0.05, 0.1) is 6.10 Å². The summed E-state index contributed by atoms with van der Waals surface area (Å²) in [6.45, 7) is 3.96. The van der Waals surface area contributed by atoms with E-state index in [1.54, 1.807) is 0 Å². The maximum absolute atomic E-state index is 8.99. The lowest BCUT2D eigenvalue weighted by molar-refractivity contribution is 0.209. The number of azide groups is 1. The molecule has 0 saturated heterocycles. The summed E-state index contributed by atoms with van der Waals surface area (Å²) in [6, 6.07) is 0. The molecule has 1 unspecified atom stereocenters. The number of hydrogen-bond donors (Lipinski definition) is 1. The Hall–Kier alpha value is -0.990. The van der Waals surface area contributed by atoms with Crippen molar-refractivity contribution in [3.05, 3.63) is 23.1 Å². The van der Waals surface area contributed by atoms with Crippen molar-refractivity contribution in [3.8, 4) is 0 Å². The summed E-state index contributed by atoms with van der Waals surface area (Å²) in [5.41, 5.74) is 7.91. The molecule has 0 rings (SSSR count). The Bertz CT molecular complexity index is 152. The van der Waals surface area contributed by atoms with E-state index in [1.165, 1.54) is 6.08 Å². The normalized spacial score (nSPS) is 11.7. The van der Waals surface area contributed by atoms with Crippen molar-refractivity contribution < 1.29 is 5.11 Å². The lowest BCUT2D eigenvalue weighted by atomic mass is 10.1. The van der Waals surface area contributed by atoms with Crippen molar-refractivity contribution in [1.29, 1.82) is 0 Å². The minimum absolute atomic E-state index is 0.416. The number of aliphatic hydroxyl groups is 1. The van der Waals surface area contributed by atoms with Crippen LogP contribution in [-0.4, -0.2) is 17.8 Å². The fourth-order valence-electron chi connectivity index (χ4n) is 0.699. The fourth-order valence-corrected chi connectivity index (χ4v) is 0.699. The molecular weight excluding hydrogens is 142 g/mol. The highest BCUT2D eigenvalue weighted by Gasteiger charge is 1.95. The Morgan fingerprint density at radius 3 is 2.91 bits per heavy atom. The number of aliphatic hydroxyl groups excluding tert-OH is 1. The summed E-state index contributed by atoms with van der Waals surface area (Å²) in [5, 5.41) is 12.4. The molecule has 62 valence electrons. The average Bonchev–Trinajstić information content (AvgIpc) is 2.04. The highest BCUT2D eigenvalue weighted by atomic mass is 16.3. The van der Waals surface area contributed by atoms with Gasteiger partial charge in [0.15, 0.2) is 0 Å². The van der Waals surface area contributed by atoms with Crippen LogP contribution in [-0.2, 0) is 0 Å². The lowest BCUT2D eigenvalue weighted by Gasteiger charge is -2.01. The Labute approximate surface area is 66.2 Å². The van der Waals surface area contributed by atoms with Crippen LogP contribution in [0.3, 0.4) is 0 Å². The quantitative estimate of drug-likeness (QED) is 0.206. The van der Waals surface area contributed by atoms with Crippen molar-refractivity contribution in [2.75, 3.05) is 6.54 Å². The van der Waals surface area contributed by atoms with Gasteiger partial charge >= 0.3 is 0 Å². The van der Waals surface area contributed by atoms with E-state index in [1.807, 2.05) is 0 Å². The van der Waals surface area contributed by atoms with E-state index in [0.717, 1.165) is 12.8 Å². The molecule has 0 bridgehead atoms. The van der Waals surface area contributed by atoms with Crippen LogP contribution in [0.2, 0.25) is 0 Å². The minimum Gasteiger partial charge on any atom is -0.389 e. The van der Waals surface area contributed by atoms with Crippen LogP contribution in [0.5, 0.6) is 0 Å². The van der Waals surface area contributed by atoms with Crippen LogP contribution in [0.4, 0.5) is 0 Å². The van der Waals surface area contributed by atoms with Crippen LogP contribution in [0.25, 0.3) is 10.4 Å². The van der Waals surface area contributed by atoms with Crippen LogP contribution in [0.1, 0.15) is 19.3 Å². The number of rotatable bonds is 6. The summed E-state index contributed by atoms with van der Waals surface area (Å²) in [5.74, 6) is 0. The number of unbranched alkanes of at least 4 members (excludes halogenated alkanes) is 1. The molecule has 0 amide bonds. The van der Waals surface area contributed by atoms with E-state index in [-0.39, 0.29) is 0 Å². The first kappa shape index (κ1) is 10.0. The molecule has 0 aromatic rings. The first-order chi connectivity index (χ1) is 5.31. The summed E-state index contributed by atoms with van der Waals surface area (Å²) in [7, 11) is 0. The molecule has 0 aliphatic heterocycles. The summed E-state index contributed by atoms with van der Waals surface area (Å²) in [6.07, 6.45) is 3.49. The largest absolute Gasteiger partial charge is 0.389 e. The van der Waals surface area contributed by atoms with Crippen LogP contribution in [0.15, 0.2) is 17.8 Å². The Balaban J connectivity index is 3.13. The molecule has 1 N–H and O–H groups in total. The molecule has 4 heteroatoms. The second-order valence-electron chi connectivity index (χ2n) is 2.25. The number of nitrogens with zero attached hydrogens (tertiary/aromatic N) is 3. The number of hydrogen-bond acceptors (Lipinski definition) is 2. The molecule has 0 saturated carbocycles. The summed E-state index contributed by atoms with van der Waals surface area (Å²) < 4.78 is 0. The Kier molecular flexibility index (Phi) is 6.48. The summed E-state index contributed by atoms with van der Waals surface area (Å²) in [4.78, 5) is 2.61. The Morgan fingerprint density at radius 1 is 1.64 bits per heavy atom. The first-order valence-corrected chi connectivity index (χ1v) is 3.62. The molecule has 0 heterocycles. The van der Waals surface area contributed by atoms with Gasteiger partial charge in [-0.15, -0.1) is 6.58 Å². The van der Waals surface area contributed by atoms with E-state index in [9.17, 15) is 0 Å². The third kappa shape index (κ3) is 6.90. The van der Waals surface area contributed by atoms with Gasteiger partial charge in [0, 0.05) is 11.5 Å². The average molecular weight is 155 g/mol. The highest BCUT2D eigenvalue weighted by molar-refractivity contribution is 4.77. The zero-order chi connectivity index (χ0) is 8.53. The van der Waals surface area contributed by atoms with Gasteiger partial charge in [-0.3, -0.25) is 0 Å². The van der Waals surface area contributed by atoms with E-state index in [4.69, 9.17) is 10.6 Å². The molecule has 0 aromatic carbocycles. The third-order valence-electron chi connectivity index (χ3n) is 1.34. The van der Waals surface area contributed by atoms with E-state index in [2.05, 4.69) is 16.6 Å². The van der Waals surface area contributed by atoms with Gasteiger partial charge < -0.3 is 5.11 Å². The third-order valence-corrected chi connectivity index (χ3v) is 1.34. The molecule has 1 atom stereocenters. The highest BCUT2D eigenvalue weighted by Crippen LogP contribution is 2.01. The van der Waals surface area contributed by atoms with Gasteiger partial charge in [-0.2, -0.15) is 0 Å². The molecule has 0 spiro atoms. The van der Waals surface area contributed by atoms with E-state index < -0.39 is 6.10 Å². The van der Waals surface area contributed by atoms with Crippen LogP contribution in [0, 0.1) is 0 Å². The van der Waals surface area contributed by atoms with Crippen molar-refractivity contribution in [3.63, 3.8) is 0 Å². The van der Waals surface area contributed by atoms with Gasteiger partial charge in [-0.25, -0.2) is 0 Å². The second kappa shape index (κ2) is 7.12. The predicted molar refractivity (Wildman–Crippen MR) is 44.1 cm³/mol. The standard InChI is InChI=1S/C7H13N3O/c1-2-7(11)5-3-4-6-9-10-8/h2,7,11H,1,3-6H2. The van der Waals surface area contributed by atoms with Crippen molar-refractivity contribution >= 4 is 0 Å². The van der Waals surface area contributed by atoms with Gasteiger partial charge in [0.2, 0.25) is 0 Å². The van der Waals surface area contributed by atoms with Crippen molar-refractivity contribution in [2.45, 2.75) is 25.4 Å². The van der Waals surface area contributed by atoms with Gasteiger partial charge in [-0.1, -0.05) is 17.6 Å². The van der Waals surface area contributed by atoms with Gasteiger partial charge in [0.25, 0.3) is 0 Å². The van der Waals surface area contributed by atoms with E-state index in [0.29, 0.717) is 13.0 Å².